The first-order valence-electron chi connectivity index (χ1n) is 9.23. The maximum atomic E-state index is 10.8. The Kier molecular flexibility index (Phi) is 5.44. The van der Waals surface area contributed by atoms with Crippen LogP contribution in [-0.2, 0) is 17.6 Å². The van der Waals surface area contributed by atoms with Crippen LogP contribution in [0.4, 0.5) is 0 Å². The Morgan fingerprint density at radius 1 is 1.29 bits per heavy atom. The van der Waals surface area contributed by atoms with Gasteiger partial charge in [0.25, 0.3) is 0 Å². The van der Waals surface area contributed by atoms with Gasteiger partial charge in [0.2, 0.25) is 0 Å². The Labute approximate surface area is 143 Å². The summed E-state index contributed by atoms with van der Waals surface area (Å²) in [6.45, 7) is 1.91. The van der Waals surface area contributed by atoms with Crippen LogP contribution in [0.15, 0.2) is 18.2 Å². The third-order valence-corrected chi connectivity index (χ3v) is 5.84. The number of unbranched alkanes of at least 4 members (excludes halogenated alkanes) is 2. The van der Waals surface area contributed by atoms with E-state index in [2.05, 4.69) is 13.0 Å². The van der Waals surface area contributed by atoms with Gasteiger partial charge in [-0.2, -0.15) is 0 Å². The van der Waals surface area contributed by atoms with E-state index in [0.29, 0.717) is 23.5 Å². The van der Waals surface area contributed by atoms with E-state index in [4.69, 9.17) is 9.84 Å². The molecular formula is C20H28O4. The molecular weight excluding hydrogens is 304 g/mol. The van der Waals surface area contributed by atoms with E-state index in [1.165, 1.54) is 24.8 Å². The van der Waals surface area contributed by atoms with Crippen LogP contribution in [0.2, 0.25) is 0 Å². The van der Waals surface area contributed by atoms with Crippen LogP contribution >= 0.6 is 0 Å². The number of aliphatic hydroxyl groups is 1. The predicted octanol–water partition coefficient (Wildman–Crippen LogP) is 3.44. The topological polar surface area (TPSA) is 66.8 Å². The summed E-state index contributed by atoms with van der Waals surface area (Å²) in [4.78, 5) is 10.8. The minimum atomic E-state index is -0.950. The molecule has 2 aliphatic carbocycles. The Hall–Kier alpha value is -1.55. The number of benzene rings is 1. The van der Waals surface area contributed by atoms with Gasteiger partial charge in [-0.1, -0.05) is 38.3 Å². The van der Waals surface area contributed by atoms with Crippen molar-refractivity contribution < 1.29 is 19.7 Å². The first-order valence-corrected chi connectivity index (χ1v) is 9.23. The van der Waals surface area contributed by atoms with Crippen molar-refractivity contribution in [2.45, 2.75) is 58.0 Å². The number of hydrogen-bond donors (Lipinski definition) is 2. The summed E-state index contributed by atoms with van der Waals surface area (Å²) in [5.74, 6) is 1.22. The maximum Gasteiger partial charge on any atom is 0.341 e. The average Bonchev–Trinajstić information content (AvgIpc) is 2.86. The van der Waals surface area contributed by atoms with E-state index < -0.39 is 5.97 Å². The van der Waals surface area contributed by atoms with Crippen LogP contribution in [0.3, 0.4) is 0 Å². The molecule has 1 aromatic rings. The molecule has 4 nitrogen and oxygen atoms in total. The third-order valence-electron chi connectivity index (χ3n) is 5.84. The van der Waals surface area contributed by atoms with Gasteiger partial charge in [-0.15, -0.1) is 0 Å². The summed E-state index contributed by atoms with van der Waals surface area (Å²) in [5.41, 5.74) is 2.43. The molecule has 24 heavy (non-hydrogen) atoms. The second-order valence-electron chi connectivity index (χ2n) is 7.37. The van der Waals surface area contributed by atoms with Gasteiger partial charge in [0.05, 0.1) is 6.10 Å². The molecule has 2 aliphatic rings. The van der Waals surface area contributed by atoms with E-state index in [1.54, 1.807) is 0 Å². The largest absolute Gasteiger partial charge is 0.482 e. The van der Waals surface area contributed by atoms with Crippen molar-refractivity contribution in [1.29, 1.82) is 0 Å². The molecule has 0 bridgehead atoms. The molecule has 0 radical (unpaired) electrons. The van der Waals surface area contributed by atoms with Gasteiger partial charge in [0.1, 0.15) is 5.75 Å². The SMILES string of the molecule is CCCCC[C@@H]1[C@H]2Cc3cccc(OCC(=O)O)c3C[C@H]2C[C@H]1O. The molecule has 0 unspecified atom stereocenters. The van der Waals surface area contributed by atoms with Crippen molar-refractivity contribution in [3.63, 3.8) is 0 Å². The fourth-order valence-electron chi connectivity index (χ4n) is 4.71. The van der Waals surface area contributed by atoms with Crippen LogP contribution < -0.4 is 4.74 Å². The van der Waals surface area contributed by atoms with Gasteiger partial charge in [0.15, 0.2) is 6.61 Å². The Morgan fingerprint density at radius 3 is 2.88 bits per heavy atom. The lowest BCUT2D eigenvalue weighted by Gasteiger charge is -2.32. The number of carboxylic acids is 1. The van der Waals surface area contributed by atoms with Gasteiger partial charge in [-0.25, -0.2) is 4.79 Å². The molecule has 0 spiro atoms. The quantitative estimate of drug-likeness (QED) is 0.751. The monoisotopic (exact) mass is 332 g/mol. The zero-order valence-electron chi connectivity index (χ0n) is 14.4. The lowest BCUT2D eigenvalue weighted by molar-refractivity contribution is -0.139. The van der Waals surface area contributed by atoms with Crippen LogP contribution in [0.5, 0.6) is 5.75 Å². The Balaban J connectivity index is 1.74. The third kappa shape index (κ3) is 3.59. The molecule has 1 saturated carbocycles. The van der Waals surface area contributed by atoms with Crippen molar-refractivity contribution in [3.05, 3.63) is 29.3 Å². The zero-order chi connectivity index (χ0) is 17.1. The highest BCUT2D eigenvalue weighted by Crippen LogP contribution is 2.48. The molecule has 4 atom stereocenters. The fourth-order valence-corrected chi connectivity index (χ4v) is 4.71. The summed E-state index contributed by atoms with van der Waals surface area (Å²) >= 11 is 0. The summed E-state index contributed by atoms with van der Waals surface area (Å²) in [6.07, 6.45) is 7.35. The second-order valence-corrected chi connectivity index (χ2v) is 7.37. The van der Waals surface area contributed by atoms with Crippen LogP contribution in [0, 0.1) is 17.8 Å². The Bertz CT molecular complexity index is 583. The number of rotatable bonds is 7. The minimum absolute atomic E-state index is 0.186. The fraction of sp³-hybridized carbons (Fsp3) is 0.650. The maximum absolute atomic E-state index is 10.8. The highest BCUT2D eigenvalue weighted by Gasteiger charge is 2.44. The molecule has 2 N–H and O–H groups in total. The normalized spacial score (nSPS) is 28.2. The summed E-state index contributed by atoms with van der Waals surface area (Å²) < 4.78 is 5.49. The lowest BCUT2D eigenvalue weighted by Crippen LogP contribution is -2.27. The first-order chi connectivity index (χ1) is 11.6. The minimum Gasteiger partial charge on any atom is -0.482 e. The molecule has 0 heterocycles. The Morgan fingerprint density at radius 2 is 2.12 bits per heavy atom. The van der Waals surface area contributed by atoms with Crippen LogP contribution in [0.1, 0.15) is 50.2 Å². The number of aliphatic carboxylic acids is 1. The van der Waals surface area contributed by atoms with Gasteiger partial charge in [-0.05, 0) is 60.6 Å². The van der Waals surface area contributed by atoms with Crippen LogP contribution in [-0.4, -0.2) is 28.9 Å². The average molecular weight is 332 g/mol. The number of aliphatic hydroxyl groups excluding tert-OH is 1. The predicted molar refractivity (Wildman–Crippen MR) is 92.2 cm³/mol. The van der Waals surface area contributed by atoms with Gasteiger partial charge < -0.3 is 14.9 Å². The molecule has 0 saturated heterocycles. The van der Waals surface area contributed by atoms with E-state index >= 15 is 0 Å². The van der Waals surface area contributed by atoms with Crippen molar-refractivity contribution in [3.8, 4) is 5.75 Å². The number of hydrogen-bond acceptors (Lipinski definition) is 3. The number of carboxylic acid groups (broad SMARTS) is 1. The summed E-state index contributed by atoms with van der Waals surface area (Å²) in [7, 11) is 0. The molecule has 1 aromatic carbocycles. The van der Waals surface area contributed by atoms with Gasteiger partial charge in [-0.3, -0.25) is 0 Å². The first kappa shape index (κ1) is 17.3. The van der Waals surface area contributed by atoms with E-state index in [9.17, 15) is 9.90 Å². The number of carbonyl (C=O) groups is 1. The molecule has 0 aromatic heterocycles. The van der Waals surface area contributed by atoms with Crippen molar-refractivity contribution in [1.82, 2.24) is 0 Å². The second kappa shape index (κ2) is 7.56. The molecule has 4 heteroatoms. The number of fused-ring (bicyclic) bond motifs is 2. The van der Waals surface area contributed by atoms with Crippen molar-refractivity contribution >= 4 is 5.97 Å². The van der Waals surface area contributed by atoms with Gasteiger partial charge in [0, 0.05) is 0 Å². The summed E-state index contributed by atoms with van der Waals surface area (Å²) in [6, 6.07) is 5.95. The lowest BCUT2D eigenvalue weighted by atomic mass is 9.73. The molecule has 1 fully saturated rings. The standard InChI is InChI=1S/C20H28O4/c1-2-3-4-7-15-16-9-13-6-5-8-19(24-12-20(22)23)17(13)10-14(16)11-18(15)21/h5-6,8,14-16,18,21H,2-4,7,9-12H2,1H3,(H,22,23)/t14-,15+,16-,18+/m0/s1. The highest BCUT2D eigenvalue weighted by atomic mass is 16.5. The molecule has 0 aliphatic heterocycles. The highest BCUT2D eigenvalue weighted by molar-refractivity contribution is 5.68. The van der Waals surface area contributed by atoms with Crippen molar-refractivity contribution in [2.75, 3.05) is 6.61 Å². The van der Waals surface area contributed by atoms with E-state index in [1.807, 2.05) is 12.1 Å². The zero-order valence-corrected chi connectivity index (χ0v) is 14.4. The summed E-state index contributed by atoms with van der Waals surface area (Å²) in [5, 5.41) is 19.4. The molecule has 132 valence electrons. The van der Waals surface area contributed by atoms with Gasteiger partial charge >= 0.3 is 5.97 Å². The molecule has 0 amide bonds. The smallest absolute Gasteiger partial charge is 0.341 e. The molecule has 3 rings (SSSR count). The van der Waals surface area contributed by atoms with E-state index in [0.717, 1.165) is 31.2 Å². The van der Waals surface area contributed by atoms with Crippen molar-refractivity contribution in [2.24, 2.45) is 17.8 Å². The number of ether oxygens (including phenoxy) is 1. The van der Waals surface area contributed by atoms with E-state index in [-0.39, 0.29) is 12.7 Å². The van der Waals surface area contributed by atoms with Crippen LogP contribution in [0.25, 0.3) is 0 Å².